The lowest BCUT2D eigenvalue weighted by molar-refractivity contribution is 0.0926. The first-order chi connectivity index (χ1) is 14.3. The van der Waals surface area contributed by atoms with Gasteiger partial charge >= 0.3 is 0 Å². The molecule has 1 atom stereocenters. The minimum Gasteiger partial charge on any atom is -0.491 e. The molecular weight excluding hydrogens is 400 g/mol. The molecule has 0 aliphatic heterocycles. The van der Waals surface area contributed by atoms with Gasteiger partial charge in [0.15, 0.2) is 0 Å². The predicted octanol–water partition coefficient (Wildman–Crippen LogP) is 3.99. The Hall–Kier alpha value is -3.32. The first kappa shape index (κ1) is 21.4. The Morgan fingerprint density at radius 2 is 1.57 bits per heavy atom. The van der Waals surface area contributed by atoms with Crippen LogP contribution in [-0.2, 0) is 10.0 Å². The van der Waals surface area contributed by atoms with E-state index in [0.29, 0.717) is 17.9 Å². The fraction of sp³-hybridized carbons (Fsp3) is 0.174. The molecule has 0 radical (unpaired) electrons. The molecule has 0 heterocycles. The van der Waals surface area contributed by atoms with Gasteiger partial charge in [-0.2, -0.15) is 0 Å². The zero-order valence-electron chi connectivity index (χ0n) is 16.8. The van der Waals surface area contributed by atoms with Crippen LogP contribution >= 0.6 is 0 Å². The molecule has 0 bridgehead atoms. The zero-order chi connectivity index (χ0) is 21.6. The van der Waals surface area contributed by atoms with Crippen LogP contribution in [0.2, 0.25) is 0 Å². The Kier molecular flexibility index (Phi) is 6.74. The fourth-order valence-corrected chi connectivity index (χ4v) is 3.77. The molecule has 0 saturated heterocycles. The Balaban J connectivity index is 1.56. The minimum atomic E-state index is -3.68. The number of amides is 1. The summed E-state index contributed by atoms with van der Waals surface area (Å²) in [6.07, 6.45) is 0. The molecule has 0 aliphatic carbocycles. The van der Waals surface area contributed by atoms with Gasteiger partial charge in [-0.3, -0.25) is 9.52 Å². The van der Waals surface area contributed by atoms with E-state index < -0.39 is 10.0 Å². The summed E-state index contributed by atoms with van der Waals surface area (Å²) in [6.45, 7) is 4.08. The standard InChI is InChI=1S/C23H24N2O4S/c1-17-8-14-22(15-9-17)30(27,28)25-20-12-10-19(11-13-20)23(26)24-18(2)16-29-21-6-4-3-5-7-21/h3-15,18,25H,16H2,1-2H3,(H,24,26)/t18-/m0/s1. The summed E-state index contributed by atoms with van der Waals surface area (Å²) < 4.78 is 33.1. The summed E-state index contributed by atoms with van der Waals surface area (Å²) in [6, 6.07) is 22.0. The second-order valence-corrected chi connectivity index (χ2v) is 8.68. The average Bonchev–Trinajstić information content (AvgIpc) is 2.73. The lowest BCUT2D eigenvalue weighted by Crippen LogP contribution is -2.36. The maximum Gasteiger partial charge on any atom is 0.261 e. The van der Waals surface area contributed by atoms with Crippen LogP contribution in [0.5, 0.6) is 5.75 Å². The highest BCUT2D eigenvalue weighted by Crippen LogP contribution is 2.17. The molecule has 3 aromatic rings. The van der Waals surface area contributed by atoms with Crippen LogP contribution in [0.4, 0.5) is 5.69 Å². The molecular formula is C23H24N2O4S. The van der Waals surface area contributed by atoms with Gasteiger partial charge in [-0.1, -0.05) is 35.9 Å². The van der Waals surface area contributed by atoms with E-state index in [1.165, 1.54) is 0 Å². The van der Waals surface area contributed by atoms with Crippen LogP contribution < -0.4 is 14.8 Å². The van der Waals surface area contributed by atoms with Gasteiger partial charge in [0.1, 0.15) is 12.4 Å². The van der Waals surface area contributed by atoms with E-state index in [2.05, 4.69) is 10.0 Å². The Morgan fingerprint density at radius 3 is 2.20 bits per heavy atom. The van der Waals surface area contributed by atoms with Gasteiger partial charge in [-0.15, -0.1) is 0 Å². The molecule has 6 nitrogen and oxygen atoms in total. The Labute approximate surface area is 177 Å². The highest BCUT2D eigenvalue weighted by Gasteiger charge is 2.15. The van der Waals surface area contributed by atoms with E-state index >= 15 is 0 Å². The Morgan fingerprint density at radius 1 is 0.933 bits per heavy atom. The lowest BCUT2D eigenvalue weighted by Gasteiger charge is -2.15. The molecule has 1 amide bonds. The topological polar surface area (TPSA) is 84.5 Å². The van der Waals surface area contributed by atoms with Crippen molar-refractivity contribution in [1.82, 2.24) is 5.32 Å². The van der Waals surface area contributed by atoms with Crippen molar-refractivity contribution in [3.8, 4) is 5.75 Å². The van der Waals surface area contributed by atoms with Gasteiger partial charge < -0.3 is 10.1 Å². The third-order valence-corrected chi connectivity index (χ3v) is 5.75. The first-order valence-corrected chi connectivity index (χ1v) is 11.0. The summed E-state index contributed by atoms with van der Waals surface area (Å²) in [5.41, 5.74) is 1.79. The van der Waals surface area contributed by atoms with E-state index in [9.17, 15) is 13.2 Å². The normalized spacial score (nSPS) is 12.1. The monoisotopic (exact) mass is 424 g/mol. The quantitative estimate of drug-likeness (QED) is 0.573. The highest BCUT2D eigenvalue weighted by molar-refractivity contribution is 7.92. The summed E-state index contributed by atoms with van der Waals surface area (Å²) in [7, 11) is -3.68. The number of aryl methyl sites for hydroxylation is 1. The van der Waals surface area contributed by atoms with Crippen molar-refractivity contribution >= 4 is 21.6 Å². The van der Waals surface area contributed by atoms with E-state index in [0.717, 1.165) is 11.3 Å². The highest BCUT2D eigenvalue weighted by atomic mass is 32.2. The molecule has 30 heavy (non-hydrogen) atoms. The van der Waals surface area contributed by atoms with Gasteiger partial charge in [-0.05, 0) is 62.4 Å². The molecule has 3 rings (SSSR count). The molecule has 0 fully saturated rings. The Bertz CT molecular complexity index is 1080. The third-order valence-electron chi connectivity index (χ3n) is 4.35. The van der Waals surface area contributed by atoms with Gasteiger partial charge in [0.25, 0.3) is 15.9 Å². The van der Waals surface area contributed by atoms with E-state index in [1.54, 1.807) is 48.5 Å². The number of para-hydroxylation sites is 1. The number of sulfonamides is 1. The van der Waals surface area contributed by atoms with Gasteiger partial charge in [0.2, 0.25) is 0 Å². The van der Waals surface area contributed by atoms with E-state index in [-0.39, 0.29) is 16.8 Å². The molecule has 0 saturated carbocycles. The van der Waals surface area contributed by atoms with Crippen molar-refractivity contribution < 1.29 is 17.9 Å². The maximum absolute atomic E-state index is 12.5. The zero-order valence-corrected chi connectivity index (χ0v) is 17.6. The number of benzene rings is 3. The molecule has 7 heteroatoms. The number of anilines is 1. The van der Waals surface area contributed by atoms with Crippen molar-refractivity contribution in [2.75, 3.05) is 11.3 Å². The number of hydrogen-bond acceptors (Lipinski definition) is 4. The number of rotatable bonds is 8. The van der Waals surface area contributed by atoms with Crippen LogP contribution in [0.25, 0.3) is 0 Å². The van der Waals surface area contributed by atoms with E-state index in [1.807, 2.05) is 44.2 Å². The van der Waals surface area contributed by atoms with Crippen LogP contribution in [0.15, 0.2) is 83.8 Å². The molecule has 0 spiro atoms. The molecule has 2 N–H and O–H groups in total. The molecule has 0 aromatic heterocycles. The summed E-state index contributed by atoms with van der Waals surface area (Å²) >= 11 is 0. The first-order valence-electron chi connectivity index (χ1n) is 9.52. The fourth-order valence-electron chi connectivity index (χ4n) is 2.71. The van der Waals surface area contributed by atoms with Crippen molar-refractivity contribution in [2.45, 2.75) is 24.8 Å². The van der Waals surface area contributed by atoms with Crippen molar-refractivity contribution in [3.05, 3.63) is 90.0 Å². The average molecular weight is 425 g/mol. The van der Waals surface area contributed by atoms with Crippen LogP contribution in [0.1, 0.15) is 22.8 Å². The van der Waals surface area contributed by atoms with Crippen LogP contribution in [0.3, 0.4) is 0 Å². The number of carbonyl (C=O) groups excluding carboxylic acids is 1. The number of carbonyl (C=O) groups is 1. The smallest absolute Gasteiger partial charge is 0.261 e. The summed E-state index contributed by atoms with van der Waals surface area (Å²) in [4.78, 5) is 12.6. The molecule has 0 unspecified atom stereocenters. The number of ether oxygens (including phenoxy) is 1. The number of nitrogens with one attached hydrogen (secondary N) is 2. The van der Waals surface area contributed by atoms with Crippen LogP contribution in [0, 0.1) is 6.92 Å². The summed E-state index contributed by atoms with van der Waals surface area (Å²) in [5.74, 6) is 0.482. The number of hydrogen-bond donors (Lipinski definition) is 2. The second kappa shape index (κ2) is 9.45. The molecule has 3 aromatic carbocycles. The van der Waals surface area contributed by atoms with Gasteiger partial charge in [-0.25, -0.2) is 8.42 Å². The second-order valence-electron chi connectivity index (χ2n) is 6.99. The predicted molar refractivity (Wildman–Crippen MR) is 117 cm³/mol. The molecule has 156 valence electrons. The van der Waals surface area contributed by atoms with Gasteiger partial charge in [0, 0.05) is 11.3 Å². The van der Waals surface area contributed by atoms with Crippen molar-refractivity contribution in [2.24, 2.45) is 0 Å². The third kappa shape index (κ3) is 5.84. The lowest BCUT2D eigenvalue weighted by atomic mass is 10.2. The largest absolute Gasteiger partial charge is 0.491 e. The van der Waals surface area contributed by atoms with Gasteiger partial charge in [0.05, 0.1) is 10.9 Å². The van der Waals surface area contributed by atoms with Crippen LogP contribution in [-0.4, -0.2) is 27.0 Å². The van der Waals surface area contributed by atoms with E-state index in [4.69, 9.17) is 4.74 Å². The SMILES string of the molecule is Cc1ccc(S(=O)(=O)Nc2ccc(C(=O)N[C@@H](C)COc3ccccc3)cc2)cc1. The maximum atomic E-state index is 12.5. The summed E-state index contributed by atoms with van der Waals surface area (Å²) in [5, 5.41) is 2.86. The van der Waals surface area contributed by atoms with Crippen molar-refractivity contribution in [1.29, 1.82) is 0 Å². The molecule has 0 aliphatic rings. The van der Waals surface area contributed by atoms with Crippen molar-refractivity contribution in [3.63, 3.8) is 0 Å². The minimum absolute atomic E-state index is 0.183.